The maximum Gasteiger partial charge on any atom is 0.132 e. The molecule has 0 spiro atoms. The number of carbonyl (C=O) groups excluding carboxylic acids is 1. The Kier molecular flexibility index (Phi) is 3.19. The summed E-state index contributed by atoms with van der Waals surface area (Å²) >= 11 is 1.66. The van der Waals surface area contributed by atoms with E-state index in [1.54, 1.807) is 17.5 Å². The summed E-state index contributed by atoms with van der Waals surface area (Å²) in [7, 11) is 0. The Morgan fingerprint density at radius 3 is 2.83 bits per heavy atom. The number of hydrogen-bond donors (Lipinski definition) is 0. The highest BCUT2D eigenvalue weighted by molar-refractivity contribution is 7.13. The number of pyridine rings is 1. The number of rotatable bonds is 2. The standard InChI is InChI=1S/C14H14N2OS/c17-12-5-3-10(4-6-12)13-9-18-14(16-13)11-2-1-7-15-8-11/h1-2,7-10H,3-6H2. The summed E-state index contributed by atoms with van der Waals surface area (Å²) in [5.74, 6) is 0.860. The molecule has 3 nitrogen and oxygen atoms in total. The largest absolute Gasteiger partial charge is 0.300 e. The van der Waals surface area contributed by atoms with Crippen LogP contribution in [-0.4, -0.2) is 15.8 Å². The molecule has 2 heterocycles. The zero-order valence-electron chi connectivity index (χ0n) is 10.0. The molecule has 0 atom stereocenters. The highest BCUT2D eigenvalue weighted by Gasteiger charge is 2.22. The fourth-order valence-corrected chi connectivity index (χ4v) is 3.22. The molecule has 0 saturated heterocycles. The van der Waals surface area contributed by atoms with E-state index in [-0.39, 0.29) is 0 Å². The summed E-state index contributed by atoms with van der Waals surface area (Å²) in [5, 5.41) is 3.15. The Morgan fingerprint density at radius 2 is 2.11 bits per heavy atom. The molecule has 0 radical (unpaired) electrons. The van der Waals surface area contributed by atoms with Gasteiger partial charge in [0.25, 0.3) is 0 Å². The van der Waals surface area contributed by atoms with E-state index in [1.807, 2.05) is 18.3 Å². The first kappa shape index (κ1) is 11.5. The van der Waals surface area contributed by atoms with Crippen LogP contribution in [0.15, 0.2) is 29.9 Å². The number of nitrogens with zero attached hydrogens (tertiary/aromatic N) is 2. The number of carbonyl (C=O) groups is 1. The van der Waals surface area contributed by atoms with Crippen molar-refractivity contribution in [2.45, 2.75) is 31.6 Å². The highest BCUT2D eigenvalue weighted by Crippen LogP contribution is 2.33. The van der Waals surface area contributed by atoms with Crippen molar-refractivity contribution in [3.05, 3.63) is 35.6 Å². The van der Waals surface area contributed by atoms with Gasteiger partial charge in [-0.1, -0.05) is 0 Å². The van der Waals surface area contributed by atoms with Crippen molar-refractivity contribution in [1.82, 2.24) is 9.97 Å². The van der Waals surface area contributed by atoms with Crippen molar-refractivity contribution < 1.29 is 4.79 Å². The molecule has 0 unspecified atom stereocenters. The van der Waals surface area contributed by atoms with E-state index in [1.165, 1.54) is 0 Å². The highest BCUT2D eigenvalue weighted by atomic mass is 32.1. The van der Waals surface area contributed by atoms with Gasteiger partial charge < -0.3 is 0 Å². The topological polar surface area (TPSA) is 42.9 Å². The molecule has 1 saturated carbocycles. The summed E-state index contributed by atoms with van der Waals surface area (Å²) < 4.78 is 0. The van der Waals surface area contributed by atoms with E-state index in [0.29, 0.717) is 24.5 Å². The lowest BCUT2D eigenvalue weighted by atomic mass is 9.87. The van der Waals surface area contributed by atoms with Gasteiger partial charge in [-0.05, 0) is 25.0 Å². The number of Topliss-reactive ketones (excluding diaryl/α,β-unsaturated/α-hetero) is 1. The summed E-state index contributed by atoms with van der Waals surface area (Å²) in [6, 6.07) is 3.95. The molecular weight excluding hydrogens is 244 g/mol. The quantitative estimate of drug-likeness (QED) is 0.828. The second kappa shape index (κ2) is 4.98. The van der Waals surface area contributed by atoms with Crippen LogP contribution >= 0.6 is 11.3 Å². The average Bonchev–Trinajstić information content (AvgIpc) is 2.90. The predicted molar refractivity (Wildman–Crippen MR) is 71.6 cm³/mol. The van der Waals surface area contributed by atoms with E-state index in [0.717, 1.165) is 29.1 Å². The van der Waals surface area contributed by atoms with Crippen LogP contribution in [0.2, 0.25) is 0 Å². The SMILES string of the molecule is O=C1CCC(c2csc(-c3cccnc3)n2)CC1. The molecule has 0 amide bonds. The molecule has 1 aliphatic carbocycles. The van der Waals surface area contributed by atoms with Gasteiger partial charge in [-0.2, -0.15) is 0 Å². The molecule has 3 rings (SSSR count). The summed E-state index contributed by atoms with van der Waals surface area (Å²) in [6.07, 6.45) is 6.94. The van der Waals surface area contributed by atoms with Crippen LogP contribution in [-0.2, 0) is 4.79 Å². The normalized spacial score (nSPS) is 17.0. The van der Waals surface area contributed by atoms with Crippen LogP contribution in [0, 0.1) is 0 Å². The van der Waals surface area contributed by atoms with Crippen molar-refractivity contribution in [1.29, 1.82) is 0 Å². The van der Waals surface area contributed by atoms with Gasteiger partial charge in [0.2, 0.25) is 0 Å². The predicted octanol–water partition coefficient (Wildman–Crippen LogP) is 3.43. The smallest absolute Gasteiger partial charge is 0.132 e. The maximum absolute atomic E-state index is 11.2. The molecule has 2 aromatic rings. The van der Waals surface area contributed by atoms with Crippen LogP contribution in [0.4, 0.5) is 0 Å². The molecule has 0 bridgehead atoms. The van der Waals surface area contributed by atoms with Crippen molar-refractivity contribution in [2.75, 3.05) is 0 Å². The van der Waals surface area contributed by atoms with Crippen molar-refractivity contribution in [2.24, 2.45) is 0 Å². The first-order valence-corrected chi connectivity index (χ1v) is 7.08. The zero-order valence-corrected chi connectivity index (χ0v) is 10.8. The van der Waals surface area contributed by atoms with E-state index in [2.05, 4.69) is 10.4 Å². The Bertz CT molecular complexity index is 540. The van der Waals surface area contributed by atoms with Gasteiger partial charge in [-0.25, -0.2) is 4.98 Å². The number of hydrogen-bond acceptors (Lipinski definition) is 4. The van der Waals surface area contributed by atoms with Crippen LogP contribution in [0.25, 0.3) is 10.6 Å². The van der Waals surface area contributed by atoms with Crippen LogP contribution in [0.3, 0.4) is 0 Å². The number of ketones is 1. The molecule has 1 fully saturated rings. The Labute approximate surface area is 110 Å². The molecule has 92 valence electrons. The third-order valence-electron chi connectivity index (χ3n) is 3.39. The molecule has 4 heteroatoms. The molecule has 18 heavy (non-hydrogen) atoms. The first-order valence-electron chi connectivity index (χ1n) is 6.20. The lowest BCUT2D eigenvalue weighted by Gasteiger charge is -2.18. The fourth-order valence-electron chi connectivity index (χ4n) is 2.33. The van der Waals surface area contributed by atoms with Gasteiger partial charge in [0, 0.05) is 42.1 Å². The molecule has 0 N–H and O–H groups in total. The second-order valence-corrected chi connectivity index (χ2v) is 5.49. The van der Waals surface area contributed by atoms with Crippen molar-refractivity contribution in [3.63, 3.8) is 0 Å². The number of aromatic nitrogens is 2. The average molecular weight is 258 g/mol. The third kappa shape index (κ3) is 2.34. The third-order valence-corrected chi connectivity index (χ3v) is 4.30. The summed E-state index contributed by atoms with van der Waals surface area (Å²) in [4.78, 5) is 20.1. The van der Waals surface area contributed by atoms with Crippen LogP contribution in [0.1, 0.15) is 37.3 Å². The first-order chi connectivity index (χ1) is 8.83. The Hall–Kier alpha value is -1.55. The fraction of sp³-hybridized carbons (Fsp3) is 0.357. The van der Waals surface area contributed by atoms with Gasteiger partial charge in [0.05, 0.1) is 5.69 Å². The van der Waals surface area contributed by atoms with E-state index >= 15 is 0 Å². The maximum atomic E-state index is 11.2. The Balaban J connectivity index is 1.80. The van der Waals surface area contributed by atoms with Crippen molar-refractivity contribution in [3.8, 4) is 10.6 Å². The second-order valence-electron chi connectivity index (χ2n) is 4.63. The van der Waals surface area contributed by atoms with Crippen molar-refractivity contribution >= 4 is 17.1 Å². The zero-order chi connectivity index (χ0) is 12.4. The minimum absolute atomic E-state index is 0.397. The molecule has 1 aliphatic rings. The molecule has 0 aliphatic heterocycles. The molecule has 2 aromatic heterocycles. The number of thiazole rings is 1. The summed E-state index contributed by atoms with van der Waals surface area (Å²) in [5.41, 5.74) is 2.21. The van der Waals surface area contributed by atoms with Gasteiger partial charge in [0.1, 0.15) is 10.8 Å². The minimum atomic E-state index is 0.397. The van der Waals surface area contributed by atoms with E-state index < -0.39 is 0 Å². The van der Waals surface area contributed by atoms with Gasteiger partial charge in [-0.3, -0.25) is 9.78 Å². The van der Waals surface area contributed by atoms with Crippen LogP contribution in [0.5, 0.6) is 0 Å². The lowest BCUT2D eigenvalue weighted by molar-refractivity contribution is -0.120. The van der Waals surface area contributed by atoms with E-state index in [9.17, 15) is 4.79 Å². The van der Waals surface area contributed by atoms with Gasteiger partial charge in [-0.15, -0.1) is 11.3 Å². The Morgan fingerprint density at radius 1 is 1.28 bits per heavy atom. The van der Waals surface area contributed by atoms with Crippen LogP contribution < -0.4 is 0 Å². The van der Waals surface area contributed by atoms with Gasteiger partial charge in [0.15, 0.2) is 0 Å². The van der Waals surface area contributed by atoms with Gasteiger partial charge >= 0.3 is 0 Å². The van der Waals surface area contributed by atoms with E-state index in [4.69, 9.17) is 4.98 Å². The molecular formula is C14H14N2OS. The summed E-state index contributed by atoms with van der Waals surface area (Å²) in [6.45, 7) is 0. The minimum Gasteiger partial charge on any atom is -0.300 e. The molecule has 0 aromatic carbocycles. The lowest BCUT2D eigenvalue weighted by Crippen LogP contribution is -2.12. The monoisotopic (exact) mass is 258 g/mol.